The Morgan fingerprint density at radius 1 is 1.50 bits per heavy atom. The van der Waals surface area contributed by atoms with Gasteiger partial charge in [-0.1, -0.05) is 5.16 Å². The maximum Gasteiger partial charge on any atom is 0.353 e. The lowest BCUT2D eigenvalue weighted by molar-refractivity contribution is 0.220. The van der Waals surface area contributed by atoms with E-state index in [1.807, 2.05) is 0 Å². The number of nitrogens with zero attached hydrogens (tertiary/aromatic N) is 1. The summed E-state index contributed by atoms with van der Waals surface area (Å²) in [7, 11) is 0. The highest BCUT2D eigenvalue weighted by Gasteiger charge is 2.29. The minimum absolute atomic E-state index is 0.386. The van der Waals surface area contributed by atoms with E-state index in [2.05, 4.69) is 21.1 Å². The van der Waals surface area contributed by atoms with E-state index in [1.165, 1.54) is 0 Å². The number of hydrogen-bond donors (Lipinski definition) is 0. The molecule has 0 aliphatic heterocycles. The van der Waals surface area contributed by atoms with E-state index in [4.69, 9.17) is 4.52 Å². The second-order valence-corrected chi connectivity index (χ2v) is 4.85. The van der Waals surface area contributed by atoms with Crippen molar-refractivity contribution in [3.63, 3.8) is 0 Å². The van der Waals surface area contributed by atoms with Crippen LogP contribution in [0.25, 0.3) is 0 Å². The Morgan fingerprint density at radius 2 is 2.08 bits per heavy atom. The fourth-order valence-electron chi connectivity index (χ4n) is 0.736. The summed E-state index contributed by atoms with van der Waals surface area (Å²) in [5.41, 5.74) is 0.483. The van der Waals surface area contributed by atoms with Gasteiger partial charge < -0.3 is 4.52 Å². The second-order valence-electron chi connectivity index (χ2n) is 2.20. The van der Waals surface area contributed by atoms with Crippen LogP contribution in [0, 0.1) is 13.8 Å². The topological polar surface area (TPSA) is 26.0 Å². The van der Waals surface area contributed by atoms with E-state index in [0.29, 0.717) is 28.1 Å². The van der Waals surface area contributed by atoms with Crippen molar-refractivity contribution in [2.24, 2.45) is 0 Å². The predicted octanol–water partition coefficient (Wildman–Crippen LogP) is 3.33. The van der Waals surface area contributed by atoms with Gasteiger partial charge in [-0.3, -0.25) is 0 Å². The van der Waals surface area contributed by atoms with Crippen LogP contribution in [0.3, 0.4) is 0 Å². The molecular formula is C6H6BrF2NOS. The number of aromatic nitrogens is 1. The summed E-state index contributed by atoms with van der Waals surface area (Å²) in [6, 6.07) is 0. The Morgan fingerprint density at radius 3 is 2.42 bits per heavy atom. The zero-order valence-electron chi connectivity index (χ0n) is 6.40. The lowest BCUT2D eigenvalue weighted by Crippen LogP contribution is -1.96. The van der Waals surface area contributed by atoms with E-state index >= 15 is 0 Å². The van der Waals surface area contributed by atoms with E-state index in [9.17, 15) is 8.78 Å². The first-order valence-corrected chi connectivity index (χ1v) is 4.69. The molecule has 0 aromatic carbocycles. The SMILES string of the molecule is Cc1noc(C)c1SC(F)(F)Br. The molecular weight excluding hydrogens is 252 g/mol. The average Bonchev–Trinajstić information content (AvgIpc) is 2.16. The molecule has 0 amide bonds. The van der Waals surface area contributed by atoms with Crippen molar-refractivity contribution < 1.29 is 13.3 Å². The minimum atomic E-state index is -2.96. The van der Waals surface area contributed by atoms with Gasteiger partial charge in [-0.15, -0.1) is 0 Å². The molecule has 1 aromatic heterocycles. The summed E-state index contributed by atoms with van der Waals surface area (Å²) in [6.45, 7) is 3.22. The molecule has 0 aliphatic carbocycles. The van der Waals surface area contributed by atoms with Gasteiger partial charge in [0.25, 0.3) is 0 Å². The summed E-state index contributed by atoms with van der Waals surface area (Å²) in [5, 5.41) is 3.55. The predicted molar refractivity (Wildman–Crippen MR) is 45.7 cm³/mol. The third-order valence-electron chi connectivity index (χ3n) is 1.19. The van der Waals surface area contributed by atoms with Gasteiger partial charge in [-0.05, 0) is 25.6 Å². The van der Waals surface area contributed by atoms with Gasteiger partial charge in [-0.2, -0.15) is 8.78 Å². The van der Waals surface area contributed by atoms with Gasteiger partial charge in [0.05, 0.1) is 10.6 Å². The van der Waals surface area contributed by atoms with Crippen LogP contribution < -0.4 is 0 Å². The highest BCUT2D eigenvalue weighted by Crippen LogP contribution is 2.43. The minimum Gasteiger partial charge on any atom is -0.360 e. The smallest absolute Gasteiger partial charge is 0.353 e. The first-order valence-electron chi connectivity index (χ1n) is 3.09. The van der Waals surface area contributed by atoms with Crippen LogP contribution in [0.4, 0.5) is 8.78 Å². The molecule has 0 fully saturated rings. The van der Waals surface area contributed by atoms with Crippen molar-refractivity contribution in [1.82, 2.24) is 5.16 Å². The van der Waals surface area contributed by atoms with Crippen molar-refractivity contribution in [3.05, 3.63) is 11.5 Å². The van der Waals surface area contributed by atoms with Crippen LogP contribution in [0.1, 0.15) is 11.5 Å². The zero-order chi connectivity index (χ0) is 9.35. The Hall–Kier alpha value is -0.100. The summed E-state index contributed by atoms with van der Waals surface area (Å²) >= 11 is 2.62. The van der Waals surface area contributed by atoms with E-state index in [1.54, 1.807) is 13.8 Å². The standard InChI is InChI=1S/C6H6BrF2NOS/c1-3-5(4(2)11-10-3)12-6(7,8)9/h1-2H3. The van der Waals surface area contributed by atoms with Gasteiger partial charge in [0.15, 0.2) is 0 Å². The first-order chi connectivity index (χ1) is 5.40. The van der Waals surface area contributed by atoms with E-state index in [0.717, 1.165) is 0 Å². The lowest BCUT2D eigenvalue weighted by atomic mass is 10.4. The highest BCUT2D eigenvalue weighted by atomic mass is 79.9. The molecule has 0 spiro atoms. The fourth-order valence-corrected chi connectivity index (χ4v) is 1.82. The highest BCUT2D eigenvalue weighted by molar-refractivity contribution is 9.11. The van der Waals surface area contributed by atoms with Crippen molar-refractivity contribution in [2.75, 3.05) is 0 Å². The molecule has 1 rings (SSSR count). The second kappa shape index (κ2) is 3.33. The molecule has 0 saturated heterocycles. The molecule has 1 aromatic rings. The molecule has 6 heteroatoms. The fraction of sp³-hybridized carbons (Fsp3) is 0.500. The van der Waals surface area contributed by atoms with Crippen LogP contribution in [0.5, 0.6) is 0 Å². The van der Waals surface area contributed by atoms with Crippen molar-refractivity contribution in [3.8, 4) is 0 Å². The quantitative estimate of drug-likeness (QED) is 0.601. The first kappa shape index (κ1) is 9.98. The van der Waals surface area contributed by atoms with E-state index < -0.39 is 4.16 Å². The van der Waals surface area contributed by atoms with Gasteiger partial charge in [0.2, 0.25) is 0 Å². The van der Waals surface area contributed by atoms with Crippen molar-refractivity contribution >= 4 is 27.7 Å². The molecule has 0 saturated carbocycles. The van der Waals surface area contributed by atoms with Gasteiger partial charge in [0, 0.05) is 15.9 Å². The number of halogens is 3. The maximum atomic E-state index is 12.5. The Bertz CT molecular complexity index is 264. The number of hydrogen-bond acceptors (Lipinski definition) is 3. The van der Waals surface area contributed by atoms with Crippen LogP contribution >= 0.6 is 27.7 Å². The van der Waals surface area contributed by atoms with Crippen LogP contribution in [-0.2, 0) is 0 Å². The Labute approximate surface area is 80.8 Å². The van der Waals surface area contributed by atoms with Crippen LogP contribution in [0.15, 0.2) is 9.42 Å². The molecule has 0 unspecified atom stereocenters. The largest absolute Gasteiger partial charge is 0.360 e. The normalized spacial score (nSPS) is 12.1. The number of aryl methyl sites for hydroxylation is 2. The average molecular weight is 258 g/mol. The molecule has 0 bridgehead atoms. The summed E-state index contributed by atoms with van der Waals surface area (Å²) in [4.78, 5) is 0.386. The Balaban J connectivity index is 2.88. The number of alkyl halides is 3. The summed E-state index contributed by atoms with van der Waals surface area (Å²) in [5.74, 6) is 0.414. The summed E-state index contributed by atoms with van der Waals surface area (Å²) in [6.07, 6.45) is 0. The molecule has 0 radical (unpaired) electrons. The maximum absolute atomic E-state index is 12.5. The molecule has 0 N–H and O–H groups in total. The zero-order valence-corrected chi connectivity index (χ0v) is 8.80. The van der Waals surface area contributed by atoms with Gasteiger partial charge in [-0.25, -0.2) is 0 Å². The van der Waals surface area contributed by atoms with E-state index in [-0.39, 0.29) is 0 Å². The number of thioether (sulfide) groups is 1. The third kappa shape index (κ3) is 2.45. The van der Waals surface area contributed by atoms with Gasteiger partial charge in [0.1, 0.15) is 5.76 Å². The molecule has 12 heavy (non-hydrogen) atoms. The molecule has 2 nitrogen and oxygen atoms in total. The summed E-state index contributed by atoms with van der Waals surface area (Å²) < 4.78 is 26.7. The van der Waals surface area contributed by atoms with Gasteiger partial charge >= 0.3 is 4.16 Å². The van der Waals surface area contributed by atoms with Crippen LogP contribution in [0.2, 0.25) is 0 Å². The lowest BCUT2D eigenvalue weighted by Gasteiger charge is -2.05. The molecule has 1 heterocycles. The van der Waals surface area contributed by atoms with Crippen molar-refractivity contribution in [2.45, 2.75) is 22.9 Å². The number of rotatable bonds is 2. The monoisotopic (exact) mass is 257 g/mol. The van der Waals surface area contributed by atoms with Crippen LogP contribution in [-0.4, -0.2) is 9.32 Å². The third-order valence-corrected chi connectivity index (χ3v) is 2.69. The molecule has 0 aliphatic rings. The molecule has 0 atom stereocenters. The van der Waals surface area contributed by atoms with Crippen molar-refractivity contribution in [1.29, 1.82) is 0 Å². The Kier molecular flexibility index (Phi) is 2.77. The molecule has 68 valence electrons.